The van der Waals surface area contributed by atoms with Gasteiger partial charge in [-0.15, -0.1) is 0 Å². The molecule has 0 aliphatic carbocycles. The number of para-hydroxylation sites is 1. The number of aromatic nitrogens is 1. The van der Waals surface area contributed by atoms with Crippen LogP contribution in [0.15, 0.2) is 54.7 Å². The molecular weight excluding hydrogens is 416 g/mol. The topological polar surface area (TPSA) is 80.8 Å². The van der Waals surface area contributed by atoms with Gasteiger partial charge in [0.05, 0.1) is 0 Å². The summed E-state index contributed by atoms with van der Waals surface area (Å²) in [6, 6.07) is 15.1. The summed E-state index contributed by atoms with van der Waals surface area (Å²) in [5.74, 6) is 1.69. The Morgan fingerprint density at radius 1 is 0.970 bits per heavy atom. The van der Waals surface area contributed by atoms with Crippen LogP contribution in [0.1, 0.15) is 19.3 Å². The molecule has 3 amide bonds. The van der Waals surface area contributed by atoms with Gasteiger partial charge in [0, 0.05) is 70.7 Å². The maximum absolute atomic E-state index is 12.7. The van der Waals surface area contributed by atoms with Gasteiger partial charge in [-0.05, 0) is 43.0 Å². The van der Waals surface area contributed by atoms with E-state index in [2.05, 4.69) is 31.5 Å². The van der Waals surface area contributed by atoms with E-state index in [4.69, 9.17) is 0 Å². The van der Waals surface area contributed by atoms with E-state index in [1.807, 2.05) is 53.6 Å². The minimum Gasteiger partial charge on any atom is -0.354 e. The van der Waals surface area contributed by atoms with Gasteiger partial charge in [-0.2, -0.15) is 0 Å². The second-order valence-corrected chi connectivity index (χ2v) is 8.82. The molecule has 33 heavy (non-hydrogen) atoms. The number of urea groups is 1. The van der Waals surface area contributed by atoms with E-state index in [1.165, 1.54) is 6.42 Å². The first-order valence-electron chi connectivity index (χ1n) is 11.9. The second-order valence-electron chi connectivity index (χ2n) is 8.82. The van der Waals surface area contributed by atoms with Crippen LogP contribution in [0.5, 0.6) is 0 Å². The molecule has 3 heterocycles. The van der Waals surface area contributed by atoms with Gasteiger partial charge in [0.25, 0.3) is 0 Å². The van der Waals surface area contributed by atoms with Crippen molar-refractivity contribution in [3.8, 4) is 0 Å². The third kappa shape index (κ3) is 6.92. The molecule has 2 aliphatic rings. The van der Waals surface area contributed by atoms with Gasteiger partial charge >= 0.3 is 6.03 Å². The highest BCUT2D eigenvalue weighted by atomic mass is 16.2. The summed E-state index contributed by atoms with van der Waals surface area (Å²) < 4.78 is 0. The highest BCUT2D eigenvalue weighted by Crippen LogP contribution is 2.20. The third-order valence-electron chi connectivity index (χ3n) is 6.39. The maximum Gasteiger partial charge on any atom is 0.319 e. The molecular formula is C25H34N6O2. The molecule has 8 heteroatoms. The summed E-state index contributed by atoms with van der Waals surface area (Å²) in [7, 11) is 0. The standard InChI is InChI=1S/C25H34N6O2/c32-24(11-13-27-25(33)28-22-8-2-1-3-9-22)31-14-6-7-21(20-31)19-29-15-17-30(18-16-29)23-10-4-5-12-26-23/h1-5,8-10,12,21H,6-7,11,13-20H2,(H2,27,28,33). The summed E-state index contributed by atoms with van der Waals surface area (Å²) in [4.78, 5) is 36.0. The van der Waals surface area contributed by atoms with E-state index in [0.717, 1.165) is 63.7 Å². The lowest BCUT2D eigenvalue weighted by molar-refractivity contribution is -0.133. The molecule has 0 radical (unpaired) electrons. The van der Waals surface area contributed by atoms with Crippen molar-refractivity contribution in [1.82, 2.24) is 20.1 Å². The van der Waals surface area contributed by atoms with Crippen LogP contribution < -0.4 is 15.5 Å². The quantitative estimate of drug-likeness (QED) is 0.678. The molecule has 2 fully saturated rings. The molecule has 8 nitrogen and oxygen atoms in total. The van der Waals surface area contributed by atoms with E-state index in [9.17, 15) is 9.59 Å². The number of benzene rings is 1. The van der Waals surface area contributed by atoms with Crippen molar-refractivity contribution in [3.05, 3.63) is 54.7 Å². The van der Waals surface area contributed by atoms with Gasteiger partial charge in [0.1, 0.15) is 5.82 Å². The minimum atomic E-state index is -0.282. The van der Waals surface area contributed by atoms with E-state index in [1.54, 1.807) is 0 Å². The Morgan fingerprint density at radius 3 is 2.52 bits per heavy atom. The van der Waals surface area contributed by atoms with Crippen molar-refractivity contribution >= 4 is 23.4 Å². The highest BCUT2D eigenvalue weighted by molar-refractivity contribution is 5.89. The third-order valence-corrected chi connectivity index (χ3v) is 6.39. The Hall–Kier alpha value is -3.13. The number of nitrogens with zero attached hydrogens (tertiary/aromatic N) is 4. The summed E-state index contributed by atoms with van der Waals surface area (Å²) in [5.41, 5.74) is 0.737. The lowest BCUT2D eigenvalue weighted by Gasteiger charge is -2.39. The molecule has 1 atom stereocenters. The summed E-state index contributed by atoms with van der Waals surface area (Å²) in [6.45, 7) is 7.05. The normalized spacial score (nSPS) is 19.2. The van der Waals surface area contributed by atoms with Crippen LogP contribution in [0.2, 0.25) is 0 Å². The molecule has 0 spiro atoms. The number of rotatable bonds is 7. The molecule has 176 valence electrons. The Kier molecular flexibility index (Phi) is 8.14. The number of carbonyl (C=O) groups is 2. The Morgan fingerprint density at radius 2 is 1.76 bits per heavy atom. The number of likely N-dealkylation sites (tertiary alicyclic amines) is 1. The Bertz CT molecular complexity index is 886. The average molecular weight is 451 g/mol. The number of piperazine rings is 1. The molecule has 0 saturated carbocycles. The van der Waals surface area contributed by atoms with Crippen LogP contribution >= 0.6 is 0 Å². The molecule has 2 aliphatic heterocycles. The number of amides is 3. The Balaban J connectivity index is 1.15. The number of piperidine rings is 1. The largest absolute Gasteiger partial charge is 0.354 e. The van der Waals surface area contributed by atoms with Gasteiger partial charge in [0.15, 0.2) is 0 Å². The van der Waals surface area contributed by atoms with E-state index >= 15 is 0 Å². The summed E-state index contributed by atoms with van der Waals surface area (Å²) >= 11 is 0. The number of nitrogens with one attached hydrogen (secondary N) is 2. The van der Waals surface area contributed by atoms with Gasteiger partial charge in [0.2, 0.25) is 5.91 Å². The van der Waals surface area contributed by atoms with Crippen molar-refractivity contribution in [1.29, 1.82) is 0 Å². The van der Waals surface area contributed by atoms with E-state index in [-0.39, 0.29) is 11.9 Å². The smallest absolute Gasteiger partial charge is 0.319 e. The fraction of sp³-hybridized carbons (Fsp3) is 0.480. The highest BCUT2D eigenvalue weighted by Gasteiger charge is 2.26. The molecule has 2 N–H and O–H groups in total. The van der Waals surface area contributed by atoms with Gasteiger partial charge < -0.3 is 20.4 Å². The monoisotopic (exact) mass is 450 g/mol. The van der Waals surface area contributed by atoms with Crippen LogP contribution in [0.4, 0.5) is 16.3 Å². The van der Waals surface area contributed by atoms with Crippen LogP contribution in [0.3, 0.4) is 0 Å². The number of carbonyl (C=O) groups excluding carboxylic acids is 2. The average Bonchev–Trinajstić information content (AvgIpc) is 2.86. The summed E-state index contributed by atoms with van der Waals surface area (Å²) in [5, 5.41) is 5.55. The van der Waals surface area contributed by atoms with Crippen molar-refractivity contribution in [2.45, 2.75) is 19.3 Å². The first-order valence-corrected chi connectivity index (χ1v) is 11.9. The first kappa shape index (κ1) is 23.0. The number of hydrogen-bond donors (Lipinski definition) is 2. The molecule has 1 aromatic carbocycles. The predicted octanol–water partition coefficient (Wildman–Crippen LogP) is 2.65. The first-order chi connectivity index (χ1) is 16.2. The predicted molar refractivity (Wildman–Crippen MR) is 130 cm³/mol. The van der Waals surface area contributed by atoms with Gasteiger partial charge in [-0.3, -0.25) is 9.69 Å². The SMILES string of the molecule is O=C(NCCC(=O)N1CCCC(CN2CCN(c3ccccn3)CC2)C1)Nc1ccccc1. The zero-order valence-electron chi connectivity index (χ0n) is 19.2. The maximum atomic E-state index is 12.7. The Labute approximate surface area is 196 Å². The zero-order valence-corrected chi connectivity index (χ0v) is 19.2. The molecule has 1 unspecified atom stereocenters. The van der Waals surface area contributed by atoms with E-state index in [0.29, 0.717) is 18.9 Å². The molecule has 4 rings (SSSR count). The fourth-order valence-corrected chi connectivity index (χ4v) is 4.64. The van der Waals surface area contributed by atoms with Gasteiger partial charge in [-0.25, -0.2) is 9.78 Å². The van der Waals surface area contributed by atoms with Crippen molar-refractivity contribution < 1.29 is 9.59 Å². The van der Waals surface area contributed by atoms with Crippen molar-refractivity contribution in [3.63, 3.8) is 0 Å². The second kappa shape index (κ2) is 11.7. The number of hydrogen-bond acceptors (Lipinski definition) is 5. The molecule has 2 saturated heterocycles. The lowest BCUT2D eigenvalue weighted by Crippen LogP contribution is -2.50. The van der Waals surface area contributed by atoms with Crippen LogP contribution in [-0.4, -0.2) is 79.1 Å². The fourth-order valence-electron chi connectivity index (χ4n) is 4.64. The lowest BCUT2D eigenvalue weighted by atomic mass is 9.96. The van der Waals surface area contributed by atoms with Crippen LogP contribution in [-0.2, 0) is 4.79 Å². The van der Waals surface area contributed by atoms with Crippen molar-refractivity contribution in [2.24, 2.45) is 5.92 Å². The van der Waals surface area contributed by atoms with Crippen molar-refractivity contribution in [2.75, 3.05) is 62.6 Å². The molecule has 2 aromatic rings. The number of anilines is 2. The molecule has 0 bridgehead atoms. The zero-order chi connectivity index (χ0) is 22.9. The summed E-state index contributed by atoms with van der Waals surface area (Å²) in [6.07, 6.45) is 4.40. The minimum absolute atomic E-state index is 0.125. The van der Waals surface area contributed by atoms with Gasteiger partial charge in [-0.1, -0.05) is 24.3 Å². The van der Waals surface area contributed by atoms with E-state index < -0.39 is 0 Å². The molecule has 1 aromatic heterocycles. The number of pyridine rings is 1. The van der Waals surface area contributed by atoms with Crippen LogP contribution in [0, 0.1) is 5.92 Å². The van der Waals surface area contributed by atoms with Crippen LogP contribution in [0.25, 0.3) is 0 Å².